The number of aryl methyl sites for hydroxylation is 1. The molecule has 1 aliphatic heterocycles. The lowest BCUT2D eigenvalue weighted by molar-refractivity contribution is -0.385. The van der Waals surface area contributed by atoms with Gasteiger partial charge in [-0.2, -0.15) is 0 Å². The Morgan fingerprint density at radius 3 is 2.50 bits per heavy atom. The predicted molar refractivity (Wildman–Crippen MR) is 131 cm³/mol. The van der Waals surface area contributed by atoms with E-state index in [1.54, 1.807) is 39.0 Å². The number of carbonyl (C=O) groups excluding carboxylic acids is 1. The van der Waals surface area contributed by atoms with Crippen molar-refractivity contribution in [2.45, 2.75) is 26.8 Å². The minimum absolute atomic E-state index is 0.0818. The van der Waals surface area contributed by atoms with Gasteiger partial charge in [0.25, 0.3) is 16.9 Å². The maximum atomic E-state index is 13.6. The fourth-order valence-corrected chi connectivity index (χ4v) is 5.05. The Morgan fingerprint density at radius 1 is 1.14 bits per heavy atom. The molecule has 2 heterocycles. The highest BCUT2D eigenvalue weighted by Gasteiger charge is 2.34. The largest absolute Gasteiger partial charge is 0.463 e. The zero-order valence-corrected chi connectivity index (χ0v) is 20.3. The Hall–Kier alpha value is -4.45. The first-order valence-electron chi connectivity index (χ1n) is 10.8. The number of carbonyl (C=O) groups is 1. The lowest BCUT2D eigenvalue weighted by Gasteiger charge is -2.24. The molecule has 0 bridgehead atoms. The first-order valence-corrected chi connectivity index (χ1v) is 11.6. The van der Waals surface area contributed by atoms with Crippen molar-refractivity contribution < 1.29 is 19.4 Å². The molecule has 184 valence electrons. The van der Waals surface area contributed by atoms with Crippen LogP contribution in [0, 0.1) is 27.2 Å². The number of hydrogen-bond donors (Lipinski definition) is 0. The number of aromatic nitrogens is 1. The molecule has 1 aromatic heterocycles. The van der Waals surface area contributed by atoms with Gasteiger partial charge in [-0.1, -0.05) is 35.6 Å². The molecule has 0 N–H and O–H groups in total. The van der Waals surface area contributed by atoms with Crippen molar-refractivity contribution in [2.75, 3.05) is 6.61 Å². The normalized spacial score (nSPS) is 15.3. The first kappa shape index (κ1) is 24.7. The fraction of sp³-hybridized carbons (Fsp3) is 0.208. The Morgan fingerprint density at radius 2 is 1.83 bits per heavy atom. The minimum atomic E-state index is -1.03. The number of esters is 1. The minimum Gasteiger partial charge on any atom is -0.463 e. The Bertz CT molecular complexity index is 1630. The first-order chi connectivity index (χ1) is 17.1. The number of allylic oxidation sites excluding steroid dienone is 1. The second kappa shape index (κ2) is 9.66. The number of benzene rings is 2. The van der Waals surface area contributed by atoms with Crippen LogP contribution in [0.1, 0.15) is 36.6 Å². The zero-order chi connectivity index (χ0) is 26.1. The van der Waals surface area contributed by atoms with E-state index in [0.717, 1.165) is 11.3 Å². The molecule has 2 aromatic carbocycles. The van der Waals surface area contributed by atoms with Crippen LogP contribution in [0.4, 0.5) is 11.4 Å². The molecular weight excluding hydrogens is 488 g/mol. The molecule has 0 aliphatic carbocycles. The number of para-hydroxylation sites is 1. The summed E-state index contributed by atoms with van der Waals surface area (Å²) in [5.41, 5.74) is 0.509. The fourth-order valence-electron chi connectivity index (χ4n) is 4.02. The SMILES string of the molecule is CCOC(=O)C1=C(C)N=c2s/c(=C/c3ccccc3[N+](=O)[O-])c(=O)n2[C@H]1c1ccc(C)c([N+](=O)[O-])c1. The number of hydrogen-bond acceptors (Lipinski definition) is 9. The highest BCUT2D eigenvalue weighted by molar-refractivity contribution is 7.07. The van der Waals surface area contributed by atoms with Crippen LogP contribution < -0.4 is 14.9 Å². The lowest BCUT2D eigenvalue weighted by Crippen LogP contribution is -2.40. The van der Waals surface area contributed by atoms with Gasteiger partial charge in [0.15, 0.2) is 4.80 Å². The van der Waals surface area contributed by atoms with Crippen LogP contribution in [0.5, 0.6) is 0 Å². The summed E-state index contributed by atoms with van der Waals surface area (Å²) >= 11 is 1.01. The average Bonchev–Trinajstić information content (AvgIpc) is 3.13. The third-order valence-electron chi connectivity index (χ3n) is 5.68. The van der Waals surface area contributed by atoms with Gasteiger partial charge in [0.05, 0.1) is 43.9 Å². The van der Waals surface area contributed by atoms with Gasteiger partial charge in [-0.25, -0.2) is 9.79 Å². The Kier molecular flexibility index (Phi) is 6.62. The monoisotopic (exact) mass is 508 g/mol. The van der Waals surface area contributed by atoms with E-state index in [2.05, 4.69) is 4.99 Å². The van der Waals surface area contributed by atoms with E-state index in [0.29, 0.717) is 16.8 Å². The van der Waals surface area contributed by atoms with E-state index in [-0.39, 0.29) is 38.5 Å². The molecule has 36 heavy (non-hydrogen) atoms. The molecule has 3 aromatic rings. The van der Waals surface area contributed by atoms with Crippen molar-refractivity contribution in [3.8, 4) is 0 Å². The standard InChI is InChI=1S/C24H20N4O7S/c1-4-35-23(30)20-14(3)25-24-26(21(20)16-10-9-13(2)18(11-16)28(33)34)22(29)19(36-24)12-15-7-5-6-8-17(15)27(31)32/h5-12,21H,4H2,1-3H3/b19-12+/t21-/m0/s1. The summed E-state index contributed by atoms with van der Waals surface area (Å²) in [6, 6.07) is 9.46. The summed E-state index contributed by atoms with van der Waals surface area (Å²) in [5.74, 6) is -0.694. The summed E-state index contributed by atoms with van der Waals surface area (Å²) in [5, 5.41) is 23.0. The maximum absolute atomic E-state index is 13.6. The molecule has 0 fully saturated rings. The number of nitrogens with zero attached hydrogens (tertiary/aromatic N) is 4. The topological polar surface area (TPSA) is 147 Å². The summed E-state index contributed by atoms with van der Waals surface area (Å²) in [4.78, 5) is 53.2. The van der Waals surface area contributed by atoms with Crippen molar-refractivity contribution >= 4 is 34.8 Å². The van der Waals surface area contributed by atoms with Crippen LogP contribution in [-0.2, 0) is 9.53 Å². The highest BCUT2D eigenvalue weighted by atomic mass is 32.1. The summed E-state index contributed by atoms with van der Waals surface area (Å²) < 4.78 is 6.66. The number of rotatable bonds is 6. The number of nitro benzene ring substituents is 2. The van der Waals surface area contributed by atoms with Crippen LogP contribution in [0.2, 0.25) is 0 Å². The second-order valence-corrected chi connectivity index (χ2v) is 8.93. The highest BCUT2D eigenvalue weighted by Crippen LogP contribution is 2.33. The molecule has 1 aliphatic rings. The second-order valence-electron chi connectivity index (χ2n) is 7.92. The van der Waals surface area contributed by atoms with Crippen molar-refractivity contribution in [1.82, 2.24) is 4.57 Å². The molecule has 4 rings (SSSR count). The third-order valence-corrected chi connectivity index (χ3v) is 6.67. The summed E-state index contributed by atoms with van der Waals surface area (Å²) in [6.07, 6.45) is 1.40. The van der Waals surface area contributed by atoms with Crippen molar-refractivity contribution in [2.24, 2.45) is 4.99 Å². The van der Waals surface area contributed by atoms with Gasteiger partial charge >= 0.3 is 5.97 Å². The van der Waals surface area contributed by atoms with Gasteiger partial charge in [-0.15, -0.1) is 0 Å². The molecule has 0 amide bonds. The summed E-state index contributed by atoms with van der Waals surface area (Å²) in [7, 11) is 0. The third kappa shape index (κ3) is 4.33. The molecule has 0 radical (unpaired) electrons. The Balaban J connectivity index is 2.01. The molecule has 0 spiro atoms. The van der Waals surface area contributed by atoms with E-state index >= 15 is 0 Å². The maximum Gasteiger partial charge on any atom is 0.338 e. The number of nitro groups is 2. The van der Waals surface area contributed by atoms with Gasteiger partial charge in [0.2, 0.25) is 0 Å². The van der Waals surface area contributed by atoms with E-state index in [9.17, 15) is 29.8 Å². The van der Waals surface area contributed by atoms with Gasteiger partial charge in [0.1, 0.15) is 0 Å². The average molecular weight is 509 g/mol. The molecule has 12 heteroatoms. The lowest BCUT2D eigenvalue weighted by atomic mass is 9.94. The molecule has 11 nitrogen and oxygen atoms in total. The Labute approximate surface area is 207 Å². The van der Waals surface area contributed by atoms with Gasteiger partial charge in [-0.05, 0) is 38.5 Å². The molecular formula is C24H20N4O7S. The number of ether oxygens (including phenoxy) is 1. The molecule has 0 saturated heterocycles. The predicted octanol–water partition coefficient (Wildman–Crippen LogP) is 2.92. The van der Waals surface area contributed by atoms with E-state index in [1.165, 1.54) is 34.9 Å². The quantitative estimate of drug-likeness (QED) is 0.282. The van der Waals surface area contributed by atoms with E-state index in [1.807, 2.05) is 0 Å². The van der Waals surface area contributed by atoms with Gasteiger partial charge in [0, 0.05) is 17.7 Å². The molecule has 0 saturated carbocycles. The van der Waals surface area contributed by atoms with E-state index < -0.39 is 27.4 Å². The van der Waals surface area contributed by atoms with Crippen LogP contribution in [-0.4, -0.2) is 27.0 Å². The van der Waals surface area contributed by atoms with Crippen molar-refractivity contribution in [3.63, 3.8) is 0 Å². The van der Waals surface area contributed by atoms with Crippen molar-refractivity contribution in [1.29, 1.82) is 0 Å². The molecule has 1 atom stereocenters. The van der Waals surface area contributed by atoms with Crippen molar-refractivity contribution in [3.05, 3.63) is 110 Å². The van der Waals surface area contributed by atoms with Crippen LogP contribution >= 0.6 is 11.3 Å². The van der Waals surface area contributed by atoms with Gasteiger partial charge in [-0.3, -0.25) is 29.6 Å². The van der Waals surface area contributed by atoms with Crippen LogP contribution in [0.15, 0.2) is 63.5 Å². The van der Waals surface area contributed by atoms with Gasteiger partial charge < -0.3 is 4.74 Å². The number of fused-ring (bicyclic) bond motifs is 1. The summed E-state index contributed by atoms with van der Waals surface area (Å²) in [6.45, 7) is 4.91. The number of thiazole rings is 1. The molecule has 0 unspecified atom stereocenters. The smallest absolute Gasteiger partial charge is 0.338 e. The van der Waals surface area contributed by atoms with E-state index in [4.69, 9.17) is 4.74 Å². The van der Waals surface area contributed by atoms with Crippen LogP contribution in [0.25, 0.3) is 6.08 Å². The van der Waals surface area contributed by atoms with Crippen LogP contribution in [0.3, 0.4) is 0 Å². The zero-order valence-electron chi connectivity index (χ0n) is 19.5.